The van der Waals surface area contributed by atoms with E-state index >= 15 is 0 Å². The Morgan fingerprint density at radius 2 is 0.846 bits per heavy atom. The van der Waals surface area contributed by atoms with E-state index in [1.54, 1.807) is 0 Å². The molecule has 0 spiro atoms. The summed E-state index contributed by atoms with van der Waals surface area (Å²) in [7, 11) is 4.50. The number of nitrogens with zero attached hydrogens (tertiary/aromatic N) is 2. The molecule has 0 aromatic carbocycles. The second kappa shape index (κ2) is 6.50. The summed E-state index contributed by atoms with van der Waals surface area (Å²) in [5, 5.41) is 0. The van der Waals surface area contributed by atoms with Crippen LogP contribution < -0.4 is 0 Å². The zero-order valence-electron chi connectivity index (χ0n) is 9.26. The lowest BCUT2D eigenvalue weighted by Crippen LogP contribution is -2.24. The molecule has 1 aliphatic heterocycles. The van der Waals surface area contributed by atoms with Crippen LogP contribution in [0, 0.1) is 0 Å². The summed E-state index contributed by atoms with van der Waals surface area (Å²) < 4.78 is 0. The molecule has 0 radical (unpaired) electrons. The average molecular weight is 180 g/mol. The van der Waals surface area contributed by atoms with Gasteiger partial charge in [0.05, 0.1) is 0 Å². The van der Waals surface area contributed by atoms with Crippen LogP contribution >= 0.6 is 0 Å². The van der Waals surface area contributed by atoms with Crippen molar-refractivity contribution in [1.29, 1.82) is 0 Å². The van der Waals surface area contributed by atoms with Crippen LogP contribution in [0.3, 0.4) is 0 Å². The minimum atomic E-state index is 1.29. The van der Waals surface area contributed by atoms with Gasteiger partial charge in [0.1, 0.15) is 0 Å². The molecule has 0 saturated carbocycles. The van der Waals surface area contributed by atoms with E-state index < -0.39 is 0 Å². The van der Waals surface area contributed by atoms with Crippen molar-refractivity contribution >= 4 is 16.0 Å². The number of hydrogen-bond acceptors (Lipinski definition) is 2. The van der Waals surface area contributed by atoms with Crippen molar-refractivity contribution in [2.75, 3.05) is 26.2 Å². The monoisotopic (exact) mass is 180 g/mol. The normalized spacial score (nSPS) is 25.2. The third-order valence-electron chi connectivity index (χ3n) is 2.91. The minimum Gasteiger partial charge on any atom is -0.349 e. The van der Waals surface area contributed by atoms with Gasteiger partial charge in [0, 0.05) is 0 Å². The first kappa shape index (κ1) is 11.1. The Balaban J connectivity index is 2.22. The molecule has 0 amide bonds. The lowest BCUT2D eigenvalue weighted by Gasteiger charge is -2.16. The Morgan fingerprint density at radius 1 is 0.538 bits per heavy atom. The van der Waals surface area contributed by atoms with Gasteiger partial charge in [0.15, 0.2) is 16.0 Å². The highest BCUT2D eigenvalue weighted by molar-refractivity contribution is 6.04. The van der Waals surface area contributed by atoms with E-state index in [2.05, 4.69) is 25.6 Å². The molecule has 1 saturated heterocycles. The van der Waals surface area contributed by atoms with Gasteiger partial charge in [-0.25, -0.2) is 0 Å². The second-order valence-corrected chi connectivity index (χ2v) is 4.37. The third-order valence-corrected chi connectivity index (χ3v) is 2.91. The van der Waals surface area contributed by atoms with Crippen molar-refractivity contribution in [3.05, 3.63) is 0 Å². The van der Waals surface area contributed by atoms with Crippen LogP contribution in [0.2, 0.25) is 0 Å². The molecular weight excluding hydrogens is 158 g/mol. The highest BCUT2D eigenvalue weighted by Gasteiger charge is 2.03. The summed E-state index contributed by atoms with van der Waals surface area (Å²) in [5.74, 6) is 0. The van der Waals surface area contributed by atoms with Gasteiger partial charge < -0.3 is 9.62 Å². The zero-order valence-corrected chi connectivity index (χ0v) is 9.26. The van der Waals surface area contributed by atoms with Crippen LogP contribution in [-0.4, -0.2) is 51.8 Å². The quantitative estimate of drug-likeness (QED) is 0.470. The first-order valence-corrected chi connectivity index (χ1v) is 5.66. The summed E-state index contributed by atoms with van der Waals surface area (Å²) >= 11 is 0. The van der Waals surface area contributed by atoms with Crippen LogP contribution in [0.4, 0.5) is 0 Å². The summed E-state index contributed by atoms with van der Waals surface area (Å²) in [5.41, 5.74) is 0. The lowest BCUT2D eigenvalue weighted by atomic mass is 10.2. The van der Waals surface area contributed by atoms with Crippen molar-refractivity contribution in [2.45, 2.75) is 32.1 Å². The molecule has 0 unspecified atom stereocenters. The van der Waals surface area contributed by atoms with E-state index in [1.165, 1.54) is 58.3 Å². The maximum Gasteiger partial charge on any atom is 0.185 e. The Morgan fingerprint density at radius 3 is 1.23 bits per heavy atom. The molecule has 0 aromatic rings. The molecular formula is C9H22B2N2. The molecule has 1 heterocycles. The molecule has 0 N–H and O–H groups in total. The molecule has 1 aliphatic rings. The highest BCUT2D eigenvalue weighted by atomic mass is 15.0. The predicted molar refractivity (Wildman–Crippen MR) is 63.3 cm³/mol. The van der Waals surface area contributed by atoms with Crippen molar-refractivity contribution < 1.29 is 0 Å². The second-order valence-electron chi connectivity index (χ2n) is 4.37. The van der Waals surface area contributed by atoms with Crippen LogP contribution in [0.25, 0.3) is 0 Å². The van der Waals surface area contributed by atoms with Gasteiger partial charge in [0.2, 0.25) is 0 Å². The summed E-state index contributed by atoms with van der Waals surface area (Å²) in [6.45, 7) is 5.16. The minimum absolute atomic E-state index is 1.29. The Bertz CT molecular complexity index is 119. The maximum atomic E-state index is 2.48. The largest absolute Gasteiger partial charge is 0.349 e. The van der Waals surface area contributed by atoms with Gasteiger partial charge in [-0.3, -0.25) is 0 Å². The predicted octanol–water partition coefficient (Wildman–Crippen LogP) is -0.349. The average Bonchev–Trinajstić information content (AvgIpc) is 2.14. The van der Waals surface area contributed by atoms with Gasteiger partial charge in [0.25, 0.3) is 0 Å². The molecule has 4 heteroatoms. The maximum absolute atomic E-state index is 2.48. The third kappa shape index (κ3) is 5.37. The molecule has 13 heavy (non-hydrogen) atoms. The Kier molecular flexibility index (Phi) is 5.56. The SMILES string of the molecule is BN1CCCCCN(B)CCCC1. The number of hydrogen-bond donors (Lipinski definition) is 0. The summed E-state index contributed by atoms with van der Waals surface area (Å²) in [6.07, 6.45) is 6.88. The van der Waals surface area contributed by atoms with E-state index in [0.29, 0.717) is 0 Å². The van der Waals surface area contributed by atoms with Gasteiger partial charge in [-0.05, 0) is 51.9 Å². The van der Waals surface area contributed by atoms with Crippen LogP contribution in [0.5, 0.6) is 0 Å². The molecule has 2 nitrogen and oxygen atoms in total. The molecule has 74 valence electrons. The van der Waals surface area contributed by atoms with E-state index in [-0.39, 0.29) is 0 Å². The zero-order chi connectivity index (χ0) is 9.52. The Hall–Kier alpha value is 0.0499. The fraction of sp³-hybridized carbons (Fsp3) is 1.00. The molecule has 0 aromatic heterocycles. The Labute approximate surface area is 84.5 Å². The summed E-state index contributed by atoms with van der Waals surface area (Å²) in [6, 6.07) is 0. The molecule has 0 bridgehead atoms. The van der Waals surface area contributed by atoms with Crippen LogP contribution in [0.1, 0.15) is 32.1 Å². The van der Waals surface area contributed by atoms with E-state index in [9.17, 15) is 0 Å². The molecule has 1 rings (SSSR count). The highest BCUT2D eigenvalue weighted by Crippen LogP contribution is 2.03. The topological polar surface area (TPSA) is 6.48 Å². The number of rotatable bonds is 0. The van der Waals surface area contributed by atoms with E-state index in [1.807, 2.05) is 0 Å². The van der Waals surface area contributed by atoms with E-state index in [0.717, 1.165) is 0 Å². The van der Waals surface area contributed by atoms with E-state index in [4.69, 9.17) is 0 Å². The fourth-order valence-corrected chi connectivity index (χ4v) is 1.93. The molecule has 0 atom stereocenters. The first-order chi connectivity index (χ1) is 6.29. The van der Waals surface area contributed by atoms with Crippen LogP contribution in [-0.2, 0) is 0 Å². The summed E-state index contributed by atoms with van der Waals surface area (Å²) in [4.78, 5) is 4.96. The van der Waals surface area contributed by atoms with Gasteiger partial charge >= 0.3 is 0 Å². The fourth-order valence-electron chi connectivity index (χ4n) is 1.93. The van der Waals surface area contributed by atoms with Gasteiger partial charge in [-0.1, -0.05) is 6.42 Å². The first-order valence-electron chi connectivity index (χ1n) is 5.66. The van der Waals surface area contributed by atoms with Crippen molar-refractivity contribution in [2.24, 2.45) is 0 Å². The van der Waals surface area contributed by atoms with Gasteiger partial charge in [-0.15, -0.1) is 0 Å². The van der Waals surface area contributed by atoms with Crippen molar-refractivity contribution in [3.8, 4) is 0 Å². The van der Waals surface area contributed by atoms with Gasteiger partial charge in [-0.2, -0.15) is 0 Å². The smallest absolute Gasteiger partial charge is 0.185 e. The lowest BCUT2D eigenvalue weighted by molar-refractivity contribution is 0.413. The van der Waals surface area contributed by atoms with Crippen LogP contribution in [0.15, 0.2) is 0 Å². The van der Waals surface area contributed by atoms with Crippen molar-refractivity contribution in [3.63, 3.8) is 0 Å². The standard InChI is InChI=1S/C9H22B2N2/c10-12-6-2-1-3-7-13(11)9-5-4-8-12/h1-11H2. The van der Waals surface area contributed by atoms with Crippen molar-refractivity contribution in [1.82, 2.24) is 9.62 Å². The molecule has 1 fully saturated rings. The molecule has 0 aliphatic carbocycles.